The lowest BCUT2D eigenvalue weighted by Crippen LogP contribution is -2.29. The predicted molar refractivity (Wildman–Crippen MR) is 28.8 cm³/mol. The molecule has 1 N–H and O–H groups in total. The van der Waals surface area contributed by atoms with Crippen LogP contribution in [0.25, 0.3) is 0 Å². The highest BCUT2D eigenvalue weighted by atomic mass is 14.9. The second kappa shape index (κ2) is 4.96. The molecule has 0 radical (unpaired) electrons. The van der Waals surface area contributed by atoms with Crippen LogP contribution in [0, 0.1) is 0 Å². The Hall–Kier alpha value is -0.0400. The van der Waals surface area contributed by atoms with Gasteiger partial charge in [0.2, 0.25) is 0 Å². The van der Waals surface area contributed by atoms with Crippen molar-refractivity contribution < 1.29 is 0 Å². The van der Waals surface area contributed by atoms with Gasteiger partial charge in [-0.15, -0.1) is 0 Å². The van der Waals surface area contributed by atoms with Crippen molar-refractivity contribution in [1.29, 1.82) is 0 Å². The smallest absolute Gasteiger partial charge is 0.00368 e. The highest BCUT2D eigenvalue weighted by molar-refractivity contribution is 4.56. The molecule has 1 fully saturated rings. The first-order chi connectivity index (χ1) is 3.00. The zero-order valence-electron chi connectivity index (χ0n) is 4.62. The largest absolute Gasteiger partial charge is 0.317 e. The Morgan fingerprint density at radius 3 is 1.33 bits per heavy atom. The minimum Gasteiger partial charge on any atom is -0.317 e. The zero-order chi connectivity index (χ0) is 4.83. The van der Waals surface area contributed by atoms with Crippen molar-refractivity contribution in [2.75, 3.05) is 13.1 Å². The monoisotopic (exact) mass is 87.1 g/mol. The SMILES string of the molecule is C1CNC1.CC. The third-order valence-corrected chi connectivity index (χ3v) is 0.707. The van der Waals surface area contributed by atoms with E-state index in [4.69, 9.17) is 0 Å². The van der Waals surface area contributed by atoms with Crippen molar-refractivity contribution in [3.05, 3.63) is 0 Å². The fraction of sp³-hybridized carbons (Fsp3) is 1.00. The van der Waals surface area contributed by atoms with Gasteiger partial charge in [-0.2, -0.15) is 0 Å². The molecule has 1 heteroatoms. The van der Waals surface area contributed by atoms with E-state index in [1.807, 2.05) is 13.8 Å². The Bertz CT molecular complexity index is 11.9. The van der Waals surface area contributed by atoms with Gasteiger partial charge in [0.25, 0.3) is 0 Å². The molecule has 0 bridgehead atoms. The van der Waals surface area contributed by atoms with E-state index in [0.29, 0.717) is 0 Å². The average molecular weight is 87.2 g/mol. The molecule has 0 aromatic heterocycles. The van der Waals surface area contributed by atoms with Gasteiger partial charge in [-0.25, -0.2) is 0 Å². The molecular weight excluding hydrogens is 74.1 g/mol. The van der Waals surface area contributed by atoms with Crippen molar-refractivity contribution in [3.8, 4) is 0 Å². The second-order valence-electron chi connectivity index (χ2n) is 1.10. The normalized spacial score (nSPS) is 17.0. The van der Waals surface area contributed by atoms with Crippen LogP contribution in [0.1, 0.15) is 20.3 Å². The highest BCUT2D eigenvalue weighted by Crippen LogP contribution is 1.80. The zero-order valence-corrected chi connectivity index (χ0v) is 4.62. The van der Waals surface area contributed by atoms with E-state index in [2.05, 4.69) is 5.32 Å². The molecule has 1 nitrogen and oxygen atoms in total. The molecule has 0 spiro atoms. The number of hydrogen-bond donors (Lipinski definition) is 1. The van der Waals surface area contributed by atoms with Gasteiger partial charge in [-0.05, 0) is 19.5 Å². The molecule has 0 saturated carbocycles. The quantitative estimate of drug-likeness (QED) is 0.465. The number of rotatable bonds is 0. The van der Waals surface area contributed by atoms with Crippen LogP contribution in [0.4, 0.5) is 0 Å². The van der Waals surface area contributed by atoms with Crippen molar-refractivity contribution in [2.24, 2.45) is 0 Å². The van der Waals surface area contributed by atoms with Crippen molar-refractivity contribution in [3.63, 3.8) is 0 Å². The molecule has 0 aliphatic carbocycles. The van der Waals surface area contributed by atoms with Crippen LogP contribution in [-0.4, -0.2) is 13.1 Å². The van der Waals surface area contributed by atoms with E-state index in [9.17, 15) is 0 Å². The van der Waals surface area contributed by atoms with Gasteiger partial charge in [-0.1, -0.05) is 13.8 Å². The first-order valence-corrected chi connectivity index (χ1v) is 2.71. The molecule has 1 rings (SSSR count). The third-order valence-electron chi connectivity index (χ3n) is 0.707. The second-order valence-corrected chi connectivity index (χ2v) is 1.10. The lowest BCUT2D eigenvalue weighted by atomic mass is 10.3. The van der Waals surface area contributed by atoms with Gasteiger partial charge in [-0.3, -0.25) is 0 Å². The van der Waals surface area contributed by atoms with E-state index in [1.54, 1.807) is 0 Å². The van der Waals surface area contributed by atoms with E-state index in [-0.39, 0.29) is 0 Å². The van der Waals surface area contributed by atoms with Crippen LogP contribution in [0.5, 0.6) is 0 Å². The topological polar surface area (TPSA) is 12.0 Å². The summed E-state index contributed by atoms with van der Waals surface area (Å²) in [6.45, 7) is 6.50. The van der Waals surface area contributed by atoms with Gasteiger partial charge in [0, 0.05) is 0 Å². The van der Waals surface area contributed by atoms with E-state index >= 15 is 0 Å². The van der Waals surface area contributed by atoms with Gasteiger partial charge in [0.15, 0.2) is 0 Å². The summed E-state index contributed by atoms with van der Waals surface area (Å²) in [5.41, 5.74) is 0. The predicted octanol–water partition coefficient (Wildman–Crippen LogP) is 1.01. The Balaban J connectivity index is 0.000000112. The fourth-order valence-corrected chi connectivity index (χ4v) is 0.177. The van der Waals surface area contributed by atoms with Gasteiger partial charge in [0.05, 0.1) is 0 Å². The third kappa shape index (κ3) is 2.21. The van der Waals surface area contributed by atoms with Gasteiger partial charge < -0.3 is 5.32 Å². The fourth-order valence-electron chi connectivity index (χ4n) is 0.177. The first-order valence-electron chi connectivity index (χ1n) is 2.71. The minimum absolute atomic E-state index is 1.25. The molecule has 0 atom stereocenters. The molecule has 6 heavy (non-hydrogen) atoms. The molecule has 0 aromatic carbocycles. The Kier molecular flexibility index (Phi) is 4.93. The Morgan fingerprint density at radius 1 is 1.17 bits per heavy atom. The first kappa shape index (κ1) is 5.96. The highest BCUT2D eigenvalue weighted by Gasteiger charge is 1.92. The summed E-state index contributed by atoms with van der Waals surface area (Å²) in [5.74, 6) is 0. The summed E-state index contributed by atoms with van der Waals surface area (Å²) in [5, 5.41) is 3.11. The van der Waals surface area contributed by atoms with Crippen LogP contribution in [-0.2, 0) is 0 Å². The summed E-state index contributed by atoms with van der Waals surface area (Å²) in [7, 11) is 0. The summed E-state index contributed by atoms with van der Waals surface area (Å²) >= 11 is 0. The number of hydrogen-bond acceptors (Lipinski definition) is 1. The molecule has 1 saturated heterocycles. The van der Waals surface area contributed by atoms with Crippen LogP contribution in [0.3, 0.4) is 0 Å². The molecule has 1 aliphatic heterocycles. The van der Waals surface area contributed by atoms with Crippen molar-refractivity contribution in [1.82, 2.24) is 5.32 Å². The summed E-state index contributed by atoms with van der Waals surface area (Å²) in [6, 6.07) is 0. The van der Waals surface area contributed by atoms with Crippen molar-refractivity contribution >= 4 is 0 Å². The number of nitrogens with one attached hydrogen (secondary N) is 1. The molecule has 0 unspecified atom stereocenters. The summed E-state index contributed by atoms with van der Waals surface area (Å²) in [4.78, 5) is 0. The Morgan fingerprint density at radius 2 is 1.33 bits per heavy atom. The summed E-state index contributed by atoms with van der Waals surface area (Å²) < 4.78 is 0. The molecular formula is C5H13N. The molecule has 1 heterocycles. The molecule has 1 aliphatic rings. The maximum atomic E-state index is 3.11. The van der Waals surface area contributed by atoms with E-state index in [1.165, 1.54) is 19.5 Å². The van der Waals surface area contributed by atoms with Crippen LogP contribution >= 0.6 is 0 Å². The van der Waals surface area contributed by atoms with Crippen LogP contribution in [0.2, 0.25) is 0 Å². The van der Waals surface area contributed by atoms with Gasteiger partial charge >= 0.3 is 0 Å². The Labute approximate surface area is 39.7 Å². The van der Waals surface area contributed by atoms with E-state index in [0.717, 1.165) is 0 Å². The van der Waals surface area contributed by atoms with Crippen LogP contribution in [0.15, 0.2) is 0 Å². The van der Waals surface area contributed by atoms with Crippen LogP contribution < -0.4 is 5.32 Å². The average Bonchev–Trinajstić information content (AvgIpc) is 1.36. The maximum Gasteiger partial charge on any atom is -0.00368 e. The van der Waals surface area contributed by atoms with Crippen molar-refractivity contribution in [2.45, 2.75) is 20.3 Å². The lowest BCUT2D eigenvalue weighted by molar-refractivity contribution is 0.527. The molecule has 0 amide bonds. The molecule has 38 valence electrons. The summed E-state index contributed by atoms with van der Waals surface area (Å²) in [6.07, 6.45) is 1.39. The standard InChI is InChI=1S/C3H7N.C2H6/c1-2-4-3-1;1-2/h4H,1-3H2;1-2H3. The minimum atomic E-state index is 1.25. The maximum absolute atomic E-state index is 3.11. The van der Waals surface area contributed by atoms with Gasteiger partial charge in [0.1, 0.15) is 0 Å². The van der Waals surface area contributed by atoms with E-state index < -0.39 is 0 Å². The molecule has 0 aromatic rings. The lowest BCUT2D eigenvalue weighted by Gasteiger charge is -2.09.